The van der Waals surface area contributed by atoms with Crippen molar-refractivity contribution in [3.8, 4) is 0 Å². The van der Waals surface area contributed by atoms with E-state index in [0.717, 1.165) is 0 Å². The third-order valence-corrected chi connectivity index (χ3v) is 2.57. The average molecular weight is 298 g/mol. The third-order valence-electron chi connectivity index (χ3n) is 2.57. The summed E-state index contributed by atoms with van der Waals surface area (Å²) in [4.78, 5) is 34.3. The minimum Gasteiger partial charge on any atom is -0.479 e. The zero-order valence-corrected chi connectivity index (χ0v) is 12.0. The van der Waals surface area contributed by atoms with Crippen LogP contribution in [0, 0.1) is 0 Å². The zero-order valence-electron chi connectivity index (χ0n) is 12.0. The minimum absolute atomic E-state index is 0.194. The van der Waals surface area contributed by atoms with E-state index in [1.165, 1.54) is 24.0 Å². The van der Waals surface area contributed by atoms with Gasteiger partial charge in [-0.1, -0.05) is 0 Å². The fourth-order valence-corrected chi connectivity index (χ4v) is 1.57. The fourth-order valence-electron chi connectivity index (χ4n) is 1.57. The summed E-state index contributed by atoms with van der Waals surface area (Å²) in [5.41, 5.74) is 0.323. The lowest BCUT2D eigenvalue weighted by molar-refractivity contribution is -0.144. The number of rotatable bonds is 6. The monoisotopic (exact) mass is 298 g/mol. The summed E-state index contributed by atoms with van der Waals surface area (Å²) in [5.74, 6) is -1.83. The third kappa shape index (κ3) is 4.79. The molecule has 2 unspecified atom stereocenters. The van der Waals surface area contributed by atoms with Crippen molar-refractivity contribution in [3.63, 3.8) is 0 Å². The van der Waals surface area contributed by atoms with Crippen LogP contribution in [0.2, 0.25) is 0 Å². The van der Waals surface area contributed by atoms with Crippen molar-refractivity contribution in [2.75, 3.05) is 6.61 Å². The Balaban J connectivity index is 2.66. The molecule has 9 nitrogen and oxygen atoms in total. The van der Waals surface area contributed by atoms with Gasteiger partial charge in [0.2, 0.25) is 0 Å². The lowest BCUT2D eigenvalue weighted by Gasteiger charge is -2.16. The Morgan fingerprint density at radius 3 is 2.57 bits per heavy atom. The van der Waals surface area contributed by atoms with Gasteiger partial charge in [-0.05, 0) is 13.8 Å². The zero-order chi connectivity index (χ0) is 16.0. The molecule has 2 amide bonds. The van der Waals surface area contributed by atoms with Gasteiger partial charge in [-0.15, -0.1) is 0 Å². The lowest BCUT2D eigenvalue weighted by atomic mass is 10.1. The Kier molecular flexibility index (Phi) is 5.70. The number of hydrogen-bond acceptors (Lipinski definition) is 5. The number of esters is 1. The maximum Gasteiger partial charge on any atom is 0.331 e. The molecule has 0 saturated heterocycles. The van der Waals surface area contributed by atoms with Gasteiger partial charge < -0.3 is 20.5 Å². The van der Waals surface area contributed by atoms with Gasteiger partial charge in [-0.2, -0.15) is 5.10 Å². The highest BCUT2D eigenvalue weighted by atomic mass is 16.5. The first-order valence-electron chi connectivity index (χ1n) is 6.30. The minimum atomic E-state index is -1.26. The smallest absolute Gasteiger partial charge is 0.331 e. The molecule has 1 heterocycles. The van der Waals surface area contributed by atoms with Crippen LogP contribution in [0.3, 0.4) is 0 Å². The van der Waals surface area contributed by atoms with Gasteiger partial charge >= 0.3 is 18.0 Å². The Bertz CT molecular complexity index is 527. The molecule has 0 aromatic carbocycles. The Hall–Kier alpha value is -2.58. The Morgan fingerprint density at radius 2 is 2.10 bits per heavy atom. The van der Waals surface area contributed by atoms with Crippen LogP contribution in [-0.4, -0.2) is 45.5 Å². The largest absolute Gasteiger partial charge is 0.479 e. The second kappa shape index (κ2) is 7.27. The van der Waals surface area contributed by atoms with E-state index >= 15 is 0 Å². The van der Waals surface area contributed by atoms with Crippen molar-refractivity contribution in [2.45, 2.75) is 25.9 Å². The van der Waals surface area contributed by atoms with Crippen molar-refractivity contribution in [1.82, 2.24) is 20.4 Å². The van der Waals surface area contributed by atoms with Crippen molar-refractivity contribution in [1.29, 1.82) is 0 Å². The van der Waals surface area contributed by atoms with Crippen LogP contribution >= 0.6 is 0 Å². The van der Waals surface area contributed by atoms with Crippen LogP contribution in [0.25, 0.3) is 0 Å². The predicted molar refractivity (Wildman–Crippen MR) is 71.3 cm³/mol. The van der Waals surface area contributed by atoms with Gasteiger partial charge in [0.1, 0.15) is 6.04 Å². The van der Waals surface area contributed by atoms with Gasteiger partial charge in [-0.3, -0.25) is 4.68 Å². The number of amides is 2. The molecule has 0 bridgehead atoms. The number of ether oxygens (including phenoxy) is 1. The van der Waals surface area contributed by atoms with Crippen LogP contribution in [-0.2, 0) is 21.4 Å². The highest BCUT2D eigenvalue weighted by Gasteiger charge is 2.25. The van der Waals surface area contributed by atoms with Gasteiger partial charge in [0.25, 0.3) is 0 Å². The first-order chi connectivity index (χ1) is 9.85. The first kappa shape index (κ1) is 16.5. The summed E-state index contributed by atoms with van der Waals surface area (Å²) >= 11 is 0. The number of hydrogen-bond donors (Lipinski definition) is 3. The van der Waals surface area contributed by atoms with E-state index in [0.29, 0.717) is 5.56 Å². The molecule has 2 atom stereocenters. The van der Waals surface area contributed by atoms with Crippen molar-refractivity contribution < 1.29 is 24.2 Å². The van der Waals surface area contributed by atoms with Crippen LogP contribution in [0.4, 0.5) is 4.79 Å². The molecule has 0 aliphatic carbocycles. The Morgan fingerprint density at radius 1 is 1.43 bits per heavy atom. The predicted octanol–water partition coefficient (Wildman–Crippen LogP) is -0.203. The number of carboxylic acid groups (broad SMARTS) is 1. The van der Waals surface area contributed by atoms with Crippen LogP contribution < -0.4 is 10.6 Å². The topological polar surface area (TPSA) is 123 Å². The summed E-state index contributed by atoms with van der Waals surface area (Å²) in [6.07, 6.45) is 2.82. The summed E-state index contributed by atoms with van der Waals surface area (Å²) in [6, 6.07) is -2.92. The van der Waals surface area contributed by atoms with Crippen molar-refractivity contribution in [2.24, 2.45) is 7.05 Å². The molecule has 0 fully saturated rings. The number of nitrogens with zero attached hydrogens (tertiary/aromatic N) is 2. The number of aromatic nitrogens is 2. The Labute approximate surface area is 121 Å². The van der Waals surface area contributed by atoms with E-state index < -0.39 is 30.1 Å². The first-order valence-corrected chi connectivity index (χ1v) is 6.30. The molecule has 0 radical (unpaired) electrons. The van der Waals surface area contributed by atoms with Crippen LogP contribution in [0.1, 0.15) is 25.5 Å². The number of nitrogens with one attached hydrogen (secondary N) is 2. The molecule has 0 aliphatic rings. The molecule has 1 aromatic rings. The van der Waals surface area contributed by atoms with E-state index in [2.05, 4.69) is 15.7 Å². The molecule has 1 aromatic heterocycles. The SMILES string of the molecule is CCOC(=O)C(C)NC(=O)NC(C(=O)O)c1cnn(C)c1. The number of carbonyl (C=O) groups excluding carboxylic acids is 2. The molecular formula is C12H18N4O5. The number of aryl methyl sites for hydroxylation is 1. The van der Waals surface area contributed by atoms with Crippen LogP contribution in [0.15, 0.2) is 12.4 Å². The summed E-state index contributed by atoms with van der Waals surface area (Å²) in [5, 5.41) is 17.6. The maximum absolute atomic E-state index is 11.7. The van der Waals surface area contributed by atoms with E-state index in [9.17, 15) is 14.4 Å². The second-order valence-corrected chi connectivity index (χ2v) is 4.31. The number of carbonyl (C=O) groups is 3. The molecule has 0 saturated carbocycles. The van der Waals surface area contributed by atoms with Gasteiger partial charge in [-0.25, -0.2) is 14.4 Å². The fraction of sp³-hybridized carbons (Fsp3) is 0.500. The van der Waals surface area contributed by atoms with Crippen molar-refractivity contribution >= 4 is 18.0 Å². The molecule has 3 N–H and O–H groups in total. The number of carboxylic acids is 1. The quantitative estimate of drug-likeness (QED) is 0.625. The van der Waals surface area contributed by atoms with E-state index in [-0.39, 0.29) is 6.61 Å². The number of urea groups is 1. The van der Waals surface area contributed by atoms with Crippen molar-refractivity contribution in [3.05, 3.63) is 18.0 Å². The van der Waals surface area contributed by atoms with Gasteiger partial charge in [0, 0.05) is 18.8 Å². The van der Waals surface area contributed by atoms with Gasteiger partial charge in [0.05, 0.1) is 12.8 Å². The van der Waals surface area contributed by atoms with E-state index in [4.69, 9.17) is 9.84 Å². The molecule has 116 valence electrons. The second-order valence-electron chi connectivity index (χ2n) is 4.31. The molecular weight excluding hydrogens is 280 g/mol. The number of aliphatic carboxylic acids is 1. The van der Waals surface area contributed by atoms with E-state index in [1.54, 1.807) is 14.0 Å². The highest BCUT2D eigenvalue weighted by Crippen LogP contribution is 2.11. The summed E-state index contributed by atoms with van der Waals surface area (Å²) in [6.45, 7) is 3.28. The summed E-state index contributed by atoms with van der Waals surface area (Å²) < 4.78 is 6.16. The maximum atomic E-state index is 11.7. The molecule has 0 aliphatic heterocycles. The molecule has 0 spiro atoms. The summed E-state index contributed by atoms with van der Waals surface area (Å²) in [7, 11) is 1.63. The highest BCUT2D eigenvalue weighted by molar-refractivity contribution is 5.86. The lowest BCUT2D eigenvalue weighted by Crippen LogP contribution is -2.47. The standard InChI is InChI=1S/C12H18N4O5/c1-4-21-11(19)7(2)14-12(20)15-9(10(17)18)8-5-13-16(3)6-8/h5-7,9H,4H2,1-3H3,(H,17,18)(H2,14,15,20). The molecule has 1 rings (SSSR count). The average Bonchev–Trinajstić information content (AvgIpc) is 2.82. The van der Waals surface area contributed by atoms with E-state index in [1.807, 2.05) is 0 Å². The van der Waals surface area contributed by atoms with Gasteiger partial charge in [0.15, 0.2) is 6.04 Å². The molecule has 21 heavy (non-hydrogen) atoms. The van der Waals surface area contributed by atoms with Crippen LogP contribution in [0.5, 0.6) is 0 Å². The molecule has 9 heteroatoms. The normalized spacial score (nSPS) is 13.1.